The summed E-state index contributed by atoms with van der Waals surface area (Å²) in [5.74, 6) is 0. The van der Waals surface area contributed by atoms with E-state index in [1.54, 1.807) is 6.08 Å². The van der Waals surface area contributed by atoms with Gasteiger partial charge in [0.25, 0.3) is 10.0 Å². The maximum Gasteiger partial charge on any atom is 0.399 e. The molecule has 0 amide bonds. The molecule has 2 aliphatic rings. The fourth-order valence-corrected chi connectivity index (χ4v) is 3.37. The normalized spacial score (nSPS) is 34.7. The zero-order chi connectivity index (χ0) is 11.6. The number of methoxy groups -OCH3 is 1. The van der Waals surface area contributed by atoms with Crippen LogP contribution in [0.4, 0.5) is 0 Å². The zero-order valence-corrected chi connectivity index (χ0v) is 9.94. The van der Waals surface area contributed by atoms with Crippen molar-refractivity contribution < 1.29 is 17.9 Å². The molecule has 0 saturated carbocycles. The van der Waals surface area contributed by atoms with Crippen LogP contribution in [0, 0.1) is 0 Å². The maximum atomic E-state index is 11.9. The highest BCUT2D eigenvalue weighted by Crippen LogP contribution is 2.26. The van der Waals surface area contributed by atoms with Gasteiger partial charge in [-0.2, -0.15) is 0 Å². The SMILES string of the molecule is COC1=NS(=O)(=O)C2CCCC/C=C\C2O1. The van der Waals surface area contributed by atoms with Crippen molar-refractivity contribution in [2.24, 2.45) is 4.40 Å². The number of fused-ring (bicyclic) bond motifs is 1. The van der Waals surface area contributed by atoms with Crippen LogP contribution < -0.4 is 0 Å². The van der Waals surface area contributed by atoms with Gasteiger partial charge in [0.05, 0.1) is 7.11 Å². The van der Waals surface area contributed by atoms with Crippen LogP contribution in [-0.2, 0) is 19.5 Å². The first-order valence-corrected chi connectivity index (χ1v) is 6.85. The molecule has 2 unspecified atom stereocenters. The third-order valence-electron chi connectivity index (χ3n) is 2.80. The Morgan fingerprint density at radius 2 is 2.31 bits per heavy atom. The summed E-state index contributed by atoms with van der Waals surface area (Å²) in [7, 11) is -2.15. The summed E-state index contributed by atoms with van der Waals surface area (Å²) in [5.41, 5.74) is 0. The van der Waals surface area contributed by atoms with Crippen molar-refractivity contribution in [3.05, 3.63) is 12.2 Å². The predicted octanol–water partition coefficient (Wildman–Crippen LogP) is 1.22. The Labute approximate surface area is 95.2 Å². The number of hydrogen-bond donors (Lipinski definition) is 0. The van der Waals surface area contributed by atoms with Crippen LogP contribution in [0.15, 0.2) is 16.5 Å². The molecule has 0 fully saturated rings. The first-order valence-electron chi connectivity index (χ1n) is 5.34. The Hall–Kier alpha value is -1.04. The molecule has 90 valence electrons. The fraction of sp³-hybridized carbons (Fsp3) is 0.700. The van der Waals surface area contributed by atoms with Crippen molar-refractivity contribution in [2.75, 3.05) is 7.11 Å². The predicted molar refractivity (Wildman–Crippen MR) is 59.6 cm³/mol. The molecule has 0 aromatic rings. The Kier molecular flexibility index (Phi) is 3.18. The number of rotatable bonds is 0. The monoisotopic (exact) mass is 245 g/mol. The molecule has 0 radical (unpaired) electrons. The quantitative estimate of drug-likeness (QED) is 0.602. The van der Waals surface area contributed by atoms with Crippen LogP contribution in [-0.4, -0.2) is 33.0 Å². The molecule has 1 heterocycles. The molecule has 0 saturated heterocycles. The van der Waals surface area contributed by atoms with Crippen LogP contribution in [0.2, 0.25) is 0 Å². The molecule has 16 heavy (non-hydrogen) atoms. The van der Waals surface area contributed by atoms with E-state index in [1.165, 1.54) is 7.11 Å². The standard InChI is InChI=1S/C10H15NO4S/c1-14-10-11-16(12,13)9-7-5-3-2-4-6-8(9)15-10/h4,6,8-9H,2-3,5,7H2,1H3/b6-4-. The van der Waals surface area contributed by atoms with E-state index in [0.717, 1.165) is 19.3 Å². The van der Waals surface area contributed by atoms with E-state index in [0.29, 0.717) is 6.42 Å². The highest BCUT2D eigenvalue weighted by molar-refractivity contribution is 7.91. The molecule has 1 aliphatic heterocycles. The molecule has 0 N–H and O–H groups in total. The maximum absolute atomic E-state index is 11.9. The minimum atomic E-state index is -3.50. The smallest absolute Gasteiger partial charge is 0.399 e. The van der Waals surface area contributed by atoms with Crippen LogP contribution in [0.5, 0.6) is 0 Å². The van der Waals surface area contributed by atoms with Gasteiger partial charge >= 0.3 is 6.08 Å². The van der Waals surface area contributed by atoms with Gasteiger partial charge in [-0.05, 0) is 25.3 Å². The van der Waals surface area contributed by atoms with Crippen LogP contribution in [0.25, 0.3) is 0 Å². The Bertz CT molecular complexity index is 413. The van der Waals surface area contributed by atoms with Crippen molar-refractivity contribution in [1.29, 1.82) is 0 Å². The molecule has 5 nitrogen and oxygen atoms in total. The summed E-state index contributed by atoms with van der Waals surface area (Å²) in [5, 5.41) is -0.567. The first-order chi connectivity index (χ1) is 7.63. The second-order valence-electron chi connectivity index (χ2n) is 3.91. The number of ether oxygens (including phenoxy) is 2. The van der Waals surface area contributed by atoms with E-state index in [4.69, 9.17) is 9.47 Å². The largest absolute Gasteiger partial charge is 0.453 e. The first kappa shape index (κ1) is 11.4. The number of sulfonamides is 1. The van der Waals surface area contributed by atoms with Gasteiger partial charge < -0.3 is 9.47 Å². The number of hydrogen-bond acceptors (Lipinski definition) is 4. The van der Waals surface area contributed by atoms with Gasteiger partial charge in [-0.15, -0.1) is 0 Å². The van der Waals surface area contributed by atoms with E-state index in [9.17, 15) is 8.42 Å². The molecule has 0 aromatic carbocycles. The van der Waals surface area contributed by atoms with Gasteiger partial charge in [0.1, 0.15) is 11.4 Å². The van der Waals surface area contributed by atoms with E-state index >= 15 is 0 Å². The van der Waals surface area contributed by atoms with E-state index in [-0.39, 0.29) is 6.08 Å². The summed E-state index contributed by atoms with van der Waals surface area (Å²) in [6.07, 6.45) is 6.59. The van der Waals surface area contributed by atoms with Gasteiger partial charge in [0.2, 0.25) is 0 Å². The highest BCUT2D eigenvalue weighted by atomic mass is 32.2. The van der Waals surface area contributed by atoms with Gasteiger partial charge in [-0.25, -0.2) is 8.42 Å². The molecule has 1 aliphatic carbocycles. The number of allylic oxidation sites excluding steroid dienone is 1. The van der Waals surface area contributed by atoms with Crippen molar-refractivity contribution >= 4 is 16.1 Å². The molecular weight excluding hydrogens is 230 g/mol. The van der Waals surface area contributed by atoms with Crippen LogP contribution in [0.1, 0.15) is 25.7 Å². The van der Waals surface area contributed by atoms with E-state index < -0.39 is 21.4 Å². The second kappa shape index (κ2) is 4.45. The van der Waals surface area contributed by atoms with Crippen molar-refractivity contribution in [3.63, 3.8) is 0 Å². The topological polar surface area (TPSA) is 65.0 Å². The minimum absolute atomic E-state index is 0.161. The molecule has 0 spiro atoms. The Morgan fingerprint density at radius 3 is 3.06 bits per heavy atom. The summed E-state index contributed by atoms with van der Waals surface area (Å²) in [6, 6.07) is 0. The van der Waals surface area contributed by atoms with Gasteiger partial charge in [-0.3, -0.25) is 0 Å². The summed E-state index contributed by atoms with van der Waals surface area (Å²) < 4.78 is 37.4. The average molecular weight is 245 g/mol. The van der Waals surface area contributed by atoms with Crippen molar-refractivity contribution in [2.45, 2.75) is 37.0 Å². The lowest BCUT2D eigenvalue weighted by Crippen LogP contribution is -2.41. The number of nitrogens with zero attached hydrogens (tertiary/aromatic N) is 1. The lowest BCUT2D eigenvalue weighted by Gasteiger charge is -2.28. The lowest BCUT2D eigenvalue weighted by atomic mass is 10.0. The minimum Gasteiger partial charge on any atom is -0.453 e. The summed E-state index contributed by atoms with van der Waals surface area (Å²) in [6.45, 7) is 0. The zero-order valence-electron chi connectivity index (χ0n) is 9.13. The summed E-state index contributed by atoms with van der Waals surface area (Å²) in [4.78, 5) is 0. The second-order valence-corrected chi connectivity index (χ2v) is 5.73. The van der Waals surface area contributed by atoms with E-state index in [1.807, 2.05) is 6.08 Å². The Balaban J connectivity index is 2.33. The average Bonchev–Trinajstić information content (AvgIpc) is 2.18. The third kappa shape index (κ3) is 2.21. The molecule has 2 atom stereocenters. The molecular formula is C10H15NO4S. The molecule has 0 bridgehead atoms. The molecule has 2 rings (SSSR count). The molecule has 6 heteroatoms. The van der Waals surface area contributed by atoms with Gasteiger partial charge in [0, 0.05) is 0 Å². The van der Waals surface area contributed by atoms with Crippen LogP contribution >= 0.6 is 0 Å². The van der Waals surface area contributed by atoms with Gasteiger partial charge in [-0.1, -0.05) is 16.9 Å². The summed E-state index contributed by atoms with van der Waals surface area (Å²) >= 11 is 0. The van der Waals surface area contributed by atoms with Crippen molar-refractivity contribution in [1.82, 2.24) is 0 Å². The third-order valence-corrected chi connectivity index (χ3v) is 4.47. The molecule has 0 aromatic heterocycles. The van der Waals surface area contributed by atoms with E-state index in [2.05, 4.69) is 4.40 Å². The lowest BCUT2D eigenvalue weighted by molar-refractivity contribution is 0.143. The van der Waals surface area contributed by atoms with Crippen LogP contribution in [0.3, 0.4) is 0 Å². The fourth-order valence-electron chi connectivity index (χ4n) is 1.95. The Morgan fingerprint density at radius 1 is 1.50 bits per heavy atom. The highest BCUT2D eigenvalue weighted by Gasteiger charge is 2.39. The van der Waals surface area contributed by atoms with Crippen molar-refractivity contribution in [3.8, 4) is 0 Å². The van der Waals surface area contributed by atoms with Gasteiger partial charge in [0.15, 0.2) is 0 Å².